The predicted molar refractivity (Wildman–Crippen MR) is 134 cm³/mol. The van der Waals surface area contributed by atoms with Gasteiger partial charge in [-0.1, -0.05) is 30.4 Å². The quantitative estimate of drug-likeness (QED) is 0.188. The molecule has 3 aromatic carbocycles. The molecule has 5 atom stereocenters. The third-order valence-electron chi connectivity index (χ3n) is 9.05. The van der Waals surface area contributed by atoms with Crippen LogP contribution in [0.5, 0.6) is 17.2 Å². The minimum Gasteiger partial charge on any atom is -0.507 e. The number of hydrogen-bond donors (Lipinski definition) is 6. The number of fused-ring (bicyclic) bond motifs is 6. The van der Waals surface area contributed by atoms with Crippen molar-refractivity contribution in [2.45, 2.75) is 37.1 Å². The molecule has 4 aliphatic rings. The molecule has 9 nitrogen and oxygen atoms in total. The van der Waals surface area contributed by atoms with E-state index in [2.05, 4.69) is 0 Å². The van der Waals surface area contributed by atoms with Crippen molar-refractivity contribution in [3.63, 3.8) is 0 Å². The van der Waals surface area contributed by atoms with Crippen LogP contribution in [-0.4, -0.2) is 59.7 Å². The van der Waals surface area contributed by atoms with E-state index in [0.29, 0.717) is 11.1 Å². The zero-order valence-electron chi connectivity index (χ0n) is 20.5. The lowest BCUT2D eigenvalue weighted by Gasteiger charge is -2.56. The second-order valence-corrected chi connectivity index (χ2v) is 10.8. The van der Waals surface area contributed by atoms with Crippen LogP contribution in [0, 0.1) is 12.3 Å². The van der Waals surface area contributed by atoms with E-state index in [0.717, 1.165) is 0 Å². The number of aromatic hydroxyl groups is 3. The summed E-state index contributed by atoms with van der Waals surface area (Å²) in [7, 11) is 0. The number of phenolic OH excluding ortho intramolecular Hbond substituents is 3. The molecule has 1 unspecified atom stereocenters. The summed E-state index contributed by atoms with van der Waals surface area (Å²) in [6.45, 7) is 1.66. The lowest BCUT2D eigenvalue weighted by Crippen LogP contribution is -2.68. The fourth-order valence-corrected chi connectivity index (χ4v) is 7.41. The third-order valence-corrected chi connectivity index (χ3v) is 9.05. The Bertz CT molecular complexity index is 1750. The normalized spacial score (nSPS) is 29.7. The number of aryl methyl sites for hydroxylation is 1. The number of hydrogen-bond acceptors (Lipinski definition) is 9. The molecule has 4 aliphatic carbocycles. The van der Waals surface area contributed by atoms with Crippen LogP contribution in [0.15, 0.2) is 48.6 Å². The van der Waals surface area contributed by atoms with Gasteiger partial charge in [0.15, 0.2) is 11.4 Å². The fourth-order valence-electron chi connectivity index (χ4n) is 7.41. The number of allylic oxidation sites excluding steroid dienone is 1. The van der Waals surface area contributed by atoms with E-state index < -0.39 is 63.7 Å². The maximum Gasteiger partial charge on any atom is 0.202 e. The van der Waals surface area contributed by atoms with E-state index in [9.17, 15) is 45.0 Å². The van der Waals surface area contributed by atoms with Crippen LogP contribution >= 0.6 is 0 Å². The molecule has 0 radical (unpaired) electrons. The number of benzene rings is 3. The van der Waals surface area contributed by atoms with Crippen molar-refractivity contribution in [2.24, 2.45) is 5.41 Å². The number of ketones is 3. The number of Topliss-reactive ketones (excluding diaryl/α,β-unsaturated/α-hetero) is 1. The van der Waals surface area contributed by atoms with Crippen molar-refractivity contribution in [1.82, 2.24) is 0 Å². The first-order valence-electron chi connectivity index (χ1n) is 12.4. The maximum atomic E-state index is 13.9. The molecule has 3 aromatic rings. The summed E-state index contributed by atoms with van der Waals surface area (Å²) in [5.41, 5.74) is -4.35. The van der Waals surface area contributed by atoms with Gasteiger partial charge in [-0.05, 0) is 53.8 Å². The lowest BCUT2D eigenvalue weighted by atomic mass is 9.50. The zero-order valence-corrected chi connectivity index (χ0v) is 20.5. The second kappa shape index (κ2) is 7.20. The van der Waals surface area contributed by atoms with Crippen LogP contribution in [0.2, 0.25) is 0 Å². The molecule has 9 heteroatoms. The fraction of sp³-hybridized carbons (Fsp3) is 0.233. The monoisotopic (exact) mass is 526 g/mol. The highest BCUT2D eigenvalue weighted by Crippen LogP contribution is 2.67. The van der Waals surface area contributed by atoms with Gasteiger partial charge in [0.25, 0.3) is 0 Å². The summed E-state index contributed by atoms with van der Waals surface area (Å²) in [4.78, 5) is 41.2. The smallest absolute Gasteiger partial charge is 0.202 e. The molecule has 7 rings (SSSR count). The molecule has 0 saturated carbocycles. The van der Waals surface area contributed by atoms with Gasteiger partial charge in [0, 0.05) is 17.0 Å². The summed E-state index contributed by atoms with van der Waals surface area (Å²) in [6.07, 6.45) is -0.930. The average molecular weight is 526 g/mol. The van der Waals surface area contributed by atoms with Crippen molar-refractivity contribution in [1.29, 1.82) is 0 Å². The molecular weight excluding hydrogens is 504 g/mol. The van der Waals surface area contributed by atoms with Crippen LogP contribution in [0.4, 0.5) is 0 Å². The van der Waals surface area contributed by atoms with Crippen LogP contribution < -0.4 is 0 Å². The van der Waals surface area contributed by atoms with E-state index in [1.807, 2.05) is 0 Å². The summed E-state index contributed by atoms with van der Waals surface area (Å²) >= 11 is 0. The van der Waals surface area contributed by atoms with Gasteiger partial charge < -0.3 is 30.6 Å². The van der Waals surface area contributed by atoms with E-state index in [1.54, 1.807) is 6.92 Å². The minimum atomic E-state index is -2.62. The Hall–Kier alpha value is -4.31. The molecule has 0 aromatic heterocycles. The highest BCUT2D eigenvalue weighted by Gasteiger charge is 2.72. The highest BCUT2D eigenvalue weighted by atomic mass is 16.4. The molecule has 39 heavy (non-hydrogen) atoms. The largest absolute Gasteiger partial charge is 0.507 e. The molecule has 1 spiro atoms. The summed E-state index contributed by atoms with van der Waals surface area (Å²) in [5, 5.41) is 67.0. The van der Waals surface area contributed by atoms with Crippen molar-refractivity contribution in [3.05, 3.63) is 98.6 Å². The standard InChI is InChI=1S/C30H22O9/c1-11-7-14-22(18(32)8-11)28(38)30(39)20(34)6-5-16-13-9-19(33)24-23(15(13)10-29(16,30)27(14)37)25(35)12-3-2-4-17(31)21(12)26(24)36/h2-9,16,20,27,31-34,37,39H,10H2,1H3/t16-,20-,27+,29+,30?/m1/s1. The topological polar surface area (TPSA) is 173 Å². The SMILES string of the molecule is Cc1cc(O)c2c(c1)[C@H](O)[C@]13Cc4c(cc(O)c5c4C(=O)c4cccc(O)c4C5=O)[C@H]1C=C[C@@H](O)C3(O)C2=O. The predicted octanol–water partition coefficient (Wildman–Crippen LogP) is 2.11. The molecule has 0 aliphatic heterocycles. The molecule has 0 bridgehead atoms. The highest BCUT2D eigenvalue weighted by molar-refractivity contribution is 6.31. The third kappa shape index (κ3) is 2.48. The summed E-state index contributed by atoms with van der Waals surface area (Å²) in [5.74, 6) is -4.73. The Morgan fingerprint density at radius 3 is 2.26 bits per heavy atom. The Balaban J connectivity index is 1.54. The lowest BCUT2D eigenvalue weighted by molar-refractivity contribution is -0.171. The van der Waals surface area contributed by atoms with Crippen molar-refractivity contribution in [2.75, 3.05) is 0 Å². The van der Waals surface area contributed by atoms with Gasteiger partial charge in [-0.3, -0.25) is 14.4 Å². The summed E-state index contributed by atoms with van der Waals surface area (Å²) < 4.78 is 0. The van der Waals surface area contributed by atoms with Crippen LogP contribution in [0.25, 0.3) is 0 Å². The minimum absolute atomic E-state index is 0.0651. The maximum absolute atomic E-state index is 13.9. The first-order chi connectivity index (χ1) is 18.4. The Kier molecular flexibility index (Phi) is 4.39. The molecule has 0 fully saturated rings. The Labute approximate surface area is 220 Å². The van der Waals surface area contributed by atoms with Gasteiger partial charge in [-0.15, -0.1) is 0 Å². The van der Waals surface area contributed by atoms with E-state index in [4.69, 9.17) is 0 Å². The van der Waals surface area contributed by atoms with Gasteiger partial charge in [-0.25, -0.2) is 0 Å². The van der Waals surface area contributed by atoms with Crippen molar-refractivity contribution < 1.29 is 45.0 Å². The van der Waals surface area contributed by atoms with E-state index in [1.165, 1.54) is 48.6 Å². The number of carbonyl (C=O) groups is 3. The van der Waals surface area contributed by atoms with Crippen LogP contribution in [0.1, 0.15) is 76.5 Å². The van der Waals surface area contributed by atoms with Crippen LogP contribution in [0.3, 0.4) is 0 Å². The van der Waals surface area contributed by atoms with Gasteiger partial charge in [0.05, 0.1) is 28.2 Å². The van der Waals surface area contributed by atoms with Gasteiger partial charge >= 0.3 is 0 Å². The average Bonchev–Trinajstić information content (AvgIpc) is 3.22. The Morgan fingerprint density at radius 1 is 0.795 bits per heavy atom. The van der Waals surface area contributed by atoms with Gasteiger partial charge in [0.1, 0.15) is 23.4 Å². The molecular formula is C30H22O9. The molecule has 6 N–H and O–H groups in total. The number of carbonyl (C=O) groups excluding carboxylic acids is 3. The first kappa shape index (κ1) is 23.8. The van der Waals surface area contributed by atoms with Gasteiger partial charge in [-0.2, -0.15) is 0 Å². The van der Waals surface area contributed by atoms with Crippen molar-refractivity contribution in [3.8, 4) is 17.2 Å². The molecule has 0 amide bonds. The Morgan fingerprint density at radius 2 is 1.51 bits per heavy atom. The zero-order chi connectivity index (χ0) is 27.8. The number of aliphatic hydroxyl groups excluding tert-OH is 2. The van der Waals surface area contributed by atoms with Crippen molar-refractivity contribution >= 4 is 17.3 Å². The number of aliphatic hydroxyl groups is 3. The number of phenols is 3. The van der Waals surface area contributed by atoms with Crippen LogP contribution in [-0.2, 0) is 6.42 Å². The summed E-state index contributed by atoms with van der Waals surface area (Å²) in [6, 6.07) is 8.18. The second-order valence-electron chi connectivity index (χ2n) is 10.8. The molecule has 196 valence electrons. The molecule has 0 saturated heterocycles. The van der Waals surface area contributed by atoms with E-state index in [-0.39, 0.29) is 45.4 Å². The van der Waals surface area contributed by atoms with Gasteiger partial charge in [0.2, 0.25) is 11.6 Å². The number of rotatable bonds is 0. The first-order valence-corrected chi connectivity index (χ1v) is 12.4. The molecule has 0 heterocycles. The van der Waals surface area contributed by atoms with E-state index >= 15 is 0 Å².